The molecule has 0 aliphatic rings. The van der Waals surface area contributed by atoms with E-state index in [0.717, 1.165) is 83.5 Å². The predicted octanol–water partition coefficient (Wildman–Crippen LogP) is 18.0. The maximum Gasteiger partial charge on any atom is 0.306 e. The van der Waals surface area contributed by atoms with Crippen molar-refractivity contribution in [3.8, 4) is 0 Å². The second-order valence-electron chi connectivity index (χ2n) is 18.1. The molecule has 0 aromatic carbocycles. The molecule has 0 spiro atoms. The van der Waals surface area contributed by atoms with Gasteiger partial charge in [-0.3, -0.25) is 14.4 Å². The van der Waals surface area contributed by atoms with Crippen molar-refractivity contribution in [2.75, 3.05) is 13.2 Å². The van der Waals surface area contributed by atoms with Crippen molar-refractivity contribution in [3.05, 3.63) is 60.8 Å². The molecule has 0 aromatic rings. The first-order valence-corrected chi connectivity index (χ1v) is 27.3. The van der Waals surface area contributed by atoms with Gasteiger partial charge in [0.25, 0.3) is 0 Å². The zero-order chi connectivity index (χ0) is 46.5. The van der Waals surface area contributed by atoms with Gasteiger partial charge >= 0.3 is 17.9 Å². The van der Waals surface area contributed by atoms with Gasteiger partial charge in [0.05, 0.1) is 0 Å². The number of allylic oxidation sites excluding steroid dienone is 10. The van der Waals surface area contributed by atoms with Crippen molar-refractivity contribution in [2.45, 2.75) is 277 Å². The summed E-state index contributed by atoms with van der Waals surface area (Å²) in [5.41, 5.74) is 0. The molecule has 6 nitrogen and oxygen atoms in total. The molecule has 0 saturated carbocycles. The minimum atomic E-state index is -0.804. The number of hydrogen-bond acceptors (Lipinski definition) is 6. The van der Waals surface area contributed by atoms with Crippen LogP contribution in [0.1, 0.15) is 271 Å². The van der Waals surface area contributed by atoms with E-state index >= 15 is 0 Å². The van der Waals surface area contributed by atoms with Crippen molar-refractivity contribution in [1.82, 2.24) is 0 Å². The van der Waals surface area contributed by atoms with Crippen LogP contribution >= 0.6 is 0 Å². The highest BCUT2D eigenvalue weighted by molar-refractivity contribution is 5.71. The van der Waals surface area contributed by atoms with Crippen LogP contribution in [0, 0.1) is 0 Å². The van der Waals surface area contributed by atoms with E-state index in [0.29, 0.717) is 19.3 Å². The largest absolute Gasteiger partial charge is 0.462 e. The van der Waals surface area contributed by atoms with Crippen molar-refractivity contribution in [2.24, 2.45) is 0 Å². The van der Waals surface area contributed by atoms with E-state index < -0.39 is 6.10 Å². The zero-order valence-electron chi connectivity index (χ0n) is 42.3. The third kappa shape index (κ3) is 50.1. The highest BCUT2D eigenvalue weighted by Crippen LogP contribution is 2.14. The third-order valence-electron chi connectivity index (χ3n) is 11.7. The molecule has 0 bridgehead atoms. The van der Waals surface area contributed by atoms with E-state index in [1.807, 2.05) is 0 Å². The van der Waals surface area contributed by atoms with Gasteiger partial charge in [-0.1, -0.05) is 210 Å². The van der Waals surface area contributed by atoms with Gasteiger partial charge in [0.15, 0.2) is 6.10 Å². The molecule has 6 heteroatoms. The van der Waals surface area contributed by atoms with Crippen LogP contribution in [0.15, 0.2) is 60.8 Å². The highest BCUT2D eigenvalue weighted by Gasteiger charge is 2.19. The van der Waals surface area contributed by atoms with Crippen molar-refractivity contribution in [3.63, 3.8) is 0 Å². The summed E-state index contributed by atoms with van der Waals surface area (Å²) in [4.78, 5) is 38.0. The Morgan fingerprint density at radius 1 is 0.312 bits per heavy atom. The monoisotopic (exact) mass is 895 g/mol. The maximum atomic E-state index is 12.8. The average molecular weight is 895 g/mol. The van der Waals surface area contributed by atoms with E-state index in [1.165, 1.54) is 141 Å². The van der Waals surface area contributed by atoms with Crippen molar-refractivity contribution < 1.29 is 28.6 Å². The van der Waals surface area contributed by atoms with Crippen LogP contribution < -0.4 is 0 Å². The summed E-state index contributed by atoms with van der Waals surface area (Å²) in [5, 5.41) is 0. The number of unbranched alkanes of at least 4 members (excludes halogenated alkanes) is 28. The molecule has 0 radical (unpaired) electrons. The summed E-state index contributed by atoms with van der Waals surface area (Å²) in [6.45, 7) is 6.57. The fraction of sp³-hybridized carbons (Fsp3) is 0.776. The predicted molar refractivity (Wildman–Crippen MR) is 275 cm³/mol. The van der Waals surface area contributed by atoms with Gasteiger partial charge in [-0.25, -0.2) is 0 Å². The van der Waals surface area contributed by atoms with Gasteiger partial charge in [-0.15, -0.1) is 0 Å². The van der Waals surface area contributed by atoms with Gasteiger partial charge in [-0.2, -0.15) is 0 Å². The Morgan fingerprint density at radius 3 is 0.969 bits per heavy atom. The Morgan fingerprint density at radius 2 is 0.578 bits per heavy atom. The number of hydrogen-bond donors (Lipinski definition) is 0. The lowest BCUT2D eigenvalue weighted by molar-refractivity contribution is -0.167. The first-order chi connectivity index (χ1) is 31.5. The lowest BCUT2D eigenvalue weighted by atomic mass is 10.1. The van der Waals surface area contributed by atoms with Crippen LogP contribution in [-0.4, -0.2) is 37.2 Å². The molecule has 0 fully saturated rings. The third-order valence-corrected chi connectivity index (χ3v) is 11.7. The molecule has 1 unspecified atom stereocenters. The molecule has 64 heavy (non-hydrogen) atoms. The number of carbonyl (C=O) groups is 3. The second kappa shape index (κ2) is 52.7. The summed E-state index contributed by atoms with van der Waals surface area (Å²) >= 11 is 0. The Labute approximate surface area is 396 Å². The molecule has 0 saturated heterocycles. The van der Waals surface area contributed by atoms with E-state index in [4.69, 9.17) is 14.2 Å². The lowest BCUT2D eigenvalue weighted by Crippen LogP contribution is -2.30. The Kier molecular flexibility index (Phi) is 50.4. The van der Waals surface area contributed by atoms with Crippen LogP contribution in [-0.2, 0) is 28.6 Å². The fourth-order valence-electron chi connectivity index (χ4n) is 7.56. The Bertz CT molecular complexity index is 1170. The van der Waals surface area contributed by atoms with Gasteiger partial charge in [-0.05, 0) is 103 Å². The second-order valence-corrected chi connectivity index (χ2v) is 18.1. The summed E-state index contributed by atoms with van der Waals surface area (Å²) in [6.07, 6.45) is 65.0. The fourth-order valence-corrected chi connectivity index (χ4v) is 7.56. The summed E-state index contributed by atoms with van der Waals surface area (Å²) in [5.74, 6) is -0.972. The lowest BCUT2D eigenvalue weighted by Gasteiger charge is -2.18. The number of ether oxygens (including phenoxy) is 3. The van der Waals surface area contributed by atoms with Crippen molar-refractivity contribution >= 4 is 17.9 Å². The molecule has 0 aliphatic carbocycles. The Hall–Kier alpha value is -2.89. The first kappa shape index (κ1) is 61.1. The zero-order valence-corrected chi connectivity index (χ0v) is 42.3. The normalized spacial score (nSPS) is 12.5. The average Bonchev–Trinajstić information content (AvgIpc) is 3.29. The quantitative estimate of drug-likeness (QED) is 0.0262. The topological polar surface area (TPSA) is 78.9 Å². The van der Waals surface area contributed by atoms with Crippen LogP contribution in [0.4, 0.5) is 0 Å². The molecule has 0 N–H and O–H groups in total. The van der Waals surface area contributed by atoms with Crippen LogP contribution in [0.3, 0.4) is 0 Å². The maximum absolute atomic E-state index is 12.8. The van der Waals surface area contributed by atoms with Gasteiger partial charge in [0, 0.05) is 19.3 Å². The molecule has 0 amide bonds. The van der Waals surface area contributed by atoms with Crippen LogP contribution in [0.2, 0.25) is 0 Å². The smallest absolute Gasteiger partial charge is 0.306 e. The number of esters is 3. The molecule has 370 valence electrons. The van der Waals surface area contributed by atoms with Crippen LogP contribution in [0.25, 0.3) is 0 Å². The molecular weight excluding hydrogens is 793 g/mol. The Balaban J connectivity index is 4.47. The molecule has 0 rings (SSSR count). The molecule has 0 aliphatic heterocycles. The molecule has 1 atom stereocenters. The summed E-state index contributed by atoms with van der Waals surface area (Å²) < 4.78 is 16.8. The molecular formula is C58H102O6. The van der Waals surface area contributed by atoms with E-state index in [1.54, 1.807) is 0 Å². The first-order valence-electron chi connectivity index (χ1n) is 27.3. The van der Waals surface area contributed by atoms with Crippen molar-refractivity contribution in [1.29, 1.82) is 0 Å². The van der Waals surface area contributed by atoms with Gasteiger partial charge in [0.1, 0.15) is 13.2 Å². The molecule has 0 heterocycles. The minimum absolute atomic E-state index is 0.101. The number of carbonyl (C=O) groups excluding carboxylic acids is 3. The minimum Gasteiger partial charge on any atom is -0.462 e. The van der Waals surface area contributed by atoms with Gasteiger partial charge in [0.2, 0.25) is 0 Å². The standard InChI is InChI=1S/C58H102O6/c1-4-7-10-13-16-19-22-25-27-29-31-33-36-39-42-45-48-51-57(60)63-54-55(53-62-56(59)50-47-44-41-38-35-32-24-21-18-15-12-9-6-3)64-58(61)52-49-46-43-40-37-34-30-28-26-23-20-17-14-11-8-5-2/h25,27-28,30-33,35,39,42,55H,4-24,26,29,34,36-38,40-41,43-54H2,1-3H3/b27-25-,30-28-,33-31-,35-32-,42-39-. The van der Waals surface area contributed by atoms with E-state index in [2.05, 4.69) is 81.5 Å². The number of rotatable bonds is 49. The van der Waals surface area contributed by atoms with Gasteiger partial charge < -0.3 is 14.2 Å². The van der Waals surface area contributed by atoms with E-state index in [9.17, 15) is 14.4 Å². The van der Waals surface area contributed by atoms with Crippen LogP contribution in [0.5, 0.6) is 0 Å². The molecule has 0 aromatic heterocycles. The van der Waals surface area contributed by atoms with E-state index in [-0.39, 0.29) is 37.5 Å². The SMILES string of the molecule is CCCCCCCC/C=C\C/C=C\C/C=C\CCCC(=O)OCC(COC(=O)CCCCC/C=C\CCCCCCCC)OC(=O)CCCCCCC/C=C\CCCCCCCCC. The summed E-state index contributed by atoms with van der Waals surface area (Å²) in [7, 11) is 0. The summed E-state index contributed by atoms with van der Waals surface area (Å²) in [6, 6.07) is 0. The highest BCUT2D eigenvalue weighted by atomic mass is 16.6.